The van der Waals surface area contributed by atoms with Crippen molar-refractivity contribution >= 4 is 23.5 Å². The molecule has 18 nitrogen and oxygen atoms in total. The molecule has 1 aromatic rings. The van der Waals surface area contributed by atoms with E-state index in [4.69, 9.17) is 24.9 Å². The number of nitrogens with one attached hydrogen (secondary N) is 2. The number of rotatable bonds is 9. The van der Waals surface area contributed by atoms with Crippen LogP contribution in [0, 0.1) is 12.5 Å². The standard InChI is InChI=1S/C10H16N5O13P3/c1-5-3-15(10(17)12-9(5)16)8-2-6(13-14-11)7(26-8)4-25-30(21,22)28-31(23,24)27-29(18,19)20/h3,6-8,11H,2,4H2,1H3,(H4-,12,16,17,18,19,20,21,22,23,24)/p+1/t6-,7+,8+/m0/s1. The zero-order valence-corrected chi connectivity index (χ0v) is 18.1. The first-order chi connectivity index (χ1) is 14.1. The number of nitrogens with zero attached hydrogens (tertiary/aromatic N) is 3. The summed E-state index contributed by atoms with van der Waals surface area (Å²) in [6.45, 7) is 0.582. The normalized spacial score (nSPS) is 25.4. The largest absolute Gasteiger partial charge is 0.490 e. The quantitative estimate of drug-likeness (QED) is 0.138. The minimum absolute atomic E-state index is 0.0712. The summed E-state index contributed by atoms with van der Waals surface area (Å²) in [5.74, 6) is 0. The lowest BCUT2D eigenvalue weighted by Crippen LogP contribution is -2.33. The van der Waals surface area contributed by atoms with Crippen molar-refractivity contribution in [2.75, 3.05) is 6.61 Å². The van der Waals surface area contributed by atoms with E-state index in [2.05, 4.69) is 28.2 Å². The van der Waals surface area contributed by atoms with Crippen molar-refractivity contribution < 1.29 is 51.2 Å². The van der Waals surface area contributed by atoms with Gasteiger partial charge >= 0.3 is 29.2 Å². The first-order valence-corrected chi connectivity index (χ1v) is 12.5. The second-order valence-corrected chi connectivity index (χ2v) is 10.4. The van der Waals surface area contributed by atoms with Gasteiger partial charge in [0.25, 0.3) is 5.56 Å². The van der Waals surface area contributed by atoms with Crippen LogP contribution in [0.2, 0.25) is 0 Å². The molecule has 0 bridgehead atoms. The van der Waals surface area contributed by atoms with E-state index in [0.717, 1.165) is 4.57 Å². The van der Waals surface area contributed by atoms with Gasteiger partial charge in [0, 0.05) is 18.2 Å². The summed E-state index contributed by atoms with van der Waals surface area (Å²) in [6, 6.07) is -0.978. The average molecular weight is 508 g/mol. The lowest BCUT2D eigenvalue weighted by Gasteiger charge is -2.19. The van der Waals surface area contributed by atoms with E-state index in [1.807, 2.05) is 0 Å². The van der Waals surface area contributed by atoms with Gasteiger partial charge < -0.3 is 24.3 Å². The van der Waals surface area contributed by atoms with Crippen LogP contribution in [0.1, 0.15) is 18.2 Å². The number of phosphoric ester groups is 1. The maximum atomic E-state index is 12.0. The zero-order valence-electron chi connectivity index (χ0n) is 15.4. The van der Waals surface area contributed by atoms with Crippen LogP contribution in [-0.4, -0.2) is 47.9 Å². The highest BCUT2D eigenvalue weighted by molar-refractivity contribution is 7.66. The van der Waals surface area contributed by atoms with Crippen molar-refractivity contribution in [2.45, 2.75) is 31.7 Å². The highest BCUT2D eigenvalue weighted by atomic mass is 31.3. The Balaban J connectivity index is 2.14. The van der Waals surface area contributed by atoms with Crippen molar-refractivity contribution in [1.82, 2.24) is 14.5 Å². The summed E-state index contributed by atoms with van der Waals surface area (Å²) in [5.41, 5.74) is 5.58. The van der Waals surface area contributed by atoms with Gasteiger partial charge in [-0.3, -0.25) is 18.9 Å². The monoisotopic (exact) mass is 508 g/mol. The number of hydrogen-bond donors (Lipinski definition) is 6. The van der Waals surface area contributed by atoms with Gasteiger partial charge in [-0.1, -0.05) is 0 Å². The van der Waals surface area contributed by atoms with Gasteiger partial charge in [-0.05, 0) is 6.92 Å². The van der Waals surface area contributed by atoms with Crippen molar-refractivity contribution in [1.29, 1.82) is 5.53 Å². The zero-order chi connectivity index (χ0) is 23.6. The molecule has 2 unspecified atom stereocenters. The maximum absolute atomic E-state index is 12.0. The summed E-state index contributed by atoms with van der Waals surface area (Å²) in [4.78, 5) is 64.0. The third-order valence-corrected chi connectivity index (χ3v) is 7.49. The van der Waals surface area contributed by atoms with Crippen LogP contribution in [0.4, 0.5) is 0 Å². The summed E-state index contributed by atoms with van der Waals surface area (Å²) >= 11 is 0. The van der Waals surface area contributed by atoms with Crippen LogP contribution in [0.3, 0.4) is 0 Å². The average Bonchev–Trinajstić information content (AvgIpc) is 2.96. The molecule has 31 heavy (non-hydrogen) atoms. The van der Waals surface area contributed by atoms with E-state index in [-0.39, 0.29) is 12.0 Å². The molecule has 0 spiro atoms. The molecule has 5 atom stereocenters. The number of aryl methyl sites for hydroxylation is 1. The third kappa shape index (κ3) is 7.47. The molecular formula is C10H17N5O13P3+. The Hall–Kier alpha value is -1.64. The van der Waals surface area contributed by atoms with Gasteiger partial charge in [-0.2, -0.15) is 8.62 Å². The topological polar surface area (TPSA) is 274 Å². The molecule has 0 aromatic carbocycles. The van der Waals surface area contributed by atoms with Gasteiger partial charge in [0.15, 0.2) is 6.04 Å². The predicted octanol–water partition coefficient (Wildman–Crippen LogP) is -0.605. The Labute approximate surface area is 171 Å². The lowest BCUT2D eigenvalue weighted by molar-refractivity contribution is -0.0270. The lowest BCUT2D eigenvalue weighted by atomic mass is 10.1. The molecule has 174 valence electrons. The van der Waals surface area contributed by atoms with Crippen LogP contribution in [0.25, 0.3) is 0 Å². The predicted molar refractivity (Wildman–Crippen MR) is 95.5 cm³/mol. The highest BCUT2D eigenvalue weighted by Crippen LogP contribution is 2.66. The molecule has 0 aliphatic carbocycles. The molecule has 2 rings (SSSR count). The molecule has 0 amide bonds. The second-order valence-electron chi connectivity index (χ2n) is 6.01. The van der Waals surface area contributed by atoms with Gasteiger partial charge in [0.2, 0.25) is 4.91 Å². The SMILES string of the molecule is Cc1cn([C@H]2C[C@H](N=[N+]=N)[C@@H](COP(=O)(O)OP(=O)(O)OP(=O)(O)O)O2)c(=O)[nH]c1=O. The Kier molecular flexibility index (Phi) is 7.82. The molecule has 0 saturated carbocycles. The minimum atomic E-state index is -5.69. The first-order valence-electron chi connectivity index (χ1n) is 7.95. The number of aromatic nitrogens is 2. The Bertz CT molecular complexity index is 1140. The fourth-order valence-corrected chi connectivity index (χ4v) is 5.53. The van der Waals surface area contributed by atoms with Gasteiger partial charge in [-0.25, -0.2) is 18.5 Å². The smallest absolute Gasteiger partial charge is 0.350 e. The molecule has 2 heterocycles. The maximum Gasteiger partial charge on any atom is 0.490 e. The van der Waals surface area contributed by atoms with Crippen LogP contribution in [0.5, 0.6) is 0 Å². The van der Waals surface area contributed by atoms with Gasteiger partial charge in [0.05, 0.1) is 6.61 Å². The third-order valence-electron chi connectivity index (χ3n) is 3.68. The number of phosphoric acid groups is 3. The second kappa shape index (κ2) is 9.46. The number of hydrogen-bond acceptors (Lipinski definition) is 11. The van der Waals surface area contributed by atoms with E-state index in [1.165, 1.54) is 13.1 Å². The Morgan fingerprint density at radius 1 is 1.26 bits per heavy atom. The molecule has 1 fully saturated rings. The fraction of sp³-hybridized carbons (Fsp3) is 0.600. The molecule has 1 aliphatic rings. The Morgan fingerprint density at radius 3 is 2.48 bits per heavy atom. The van der Waals surface area contributed by atoms with Gasteiger partial charge in [0.1, 0.15) is 23.0 Å². The molecule has 1 aromatic heterocycles. The number of ether oxygens (including phenoxy) is 1. The molecule has 0 radical (unpaired) electrons. The van der Waals surface area contributed by atoms with Crippen molar-refractivity contribution in [3.63, 3.8) is 0 Å². The van der Waals surface area contributed by atoms with E-state index < -0.39 is 59.7 Å². The van der Waals surface area contributed by atoms with Crippen LogP contribution in [0.15, 0.2) is 20.9 Å². The van der Waals surface area contributed by atoms with Crippen molar-refractivity contribution in [3.05, 3.63) is 32.6 Å². The summed E-state index contributed by atoms with van der Waals surface area (Å²) in [6.07, 6.45) is -1.14. The summed E-state index contributed by atoms with van der Waals surface area (Å²) in [5, 5.41) is 3.53. The van der Waals surface area contributed by atoms with Crippen LogP contribution in [-0.2, 0) is 31.6 Å². The van der Waals surface area contributed by atoms with E-state index in [0.29, 0.717) is 0 Å². The van der Waals surface area contributed by atoms with Crippen molar-refractivity contribution in [2.24, 2.45) is 5.11 Å². The summed E-state index contributed by atoms with van der Waals surface area (Å²) in [7, 11) is -16.6. The highest BCUT2D eigenvalue weighted by Gasteiger charge is 2.44. The summed E-state index contributed by atoms with van der Waals surface area (Å²) < 4.78 is 52.0. The van der Waals surface area contributed by atoms with Gasteiger partial charge in [-0.15, -0.1) is 0 Å². The molecule has 1 saturated heterocycles. The van der Waals surface area contributed by atoms with E-state index >= 15 is 0 Å². The first kappa shape index (κ1) is 25.6. The Morgan fingerprint density at radius 2 is 1.90 bits per heavy atom. The van der Waals surface area contributed by atoms with E-state index in [9.17, 15) is 28.2 Å². The van der Waals surface area contributed by atoms with Crippen LogP contribution >= 0.6 is 23.5 Å². The fourth-order valence-electron chi connectivity index (χ4n) is 2.50. The minimum Gasteiger partial charge on any atom is -0.350 e. The van der Waals surface area contributed by atoms with Crippen molar-refractivity contribution in [3.8, 4) is 0 Å². The molecular weight excluding hydrogens is 491 g/mol. The number of aromatic amines is 1. The molecule has 1 aliphatic heterocycles. The van der Waals surface area contributed by atoms with Crippen LogP contribution < -0.4 is 16.2 Å². The van der Waals surface area contributed by atoms with E-state index in [1.54, 1.807) is 0 Å². The molecule has 21 heteroatoms. The number of H-pyrrole nitrogens is 1. The molecule has 6 N–H and O–H groups in total.